The number of halogens is 10. The molecule has 0 aromatic heterocycles. The lowest BCUT2D eigenvalue weighted by Crippen LogP contribution is -2.06. The van der Waals surface area contributed by atoms with Crippen LogP contribution in [0.2, 0.25) is 0 Å². The molecule has 0 aliphatic heterocycles. The Bertz CT molecular complexity index is 1470. The lowest BCUT2D eigenvalue weighted by atomic mass is 10.1. The molecule has 0 aliphatic rings. The van der Waals surface area contributed by atoms with Gasteiger partial charge >= 0.3 is 18.5 Å². The van der Waals surface area contributed by atoms with Crippen LogP contribution in [0.5, 0.6) is 0 Å². The van der Waals surface area contributed by atoms with Crippen molar-refractivity contribution >= 4 is 45.1 Å². The van der Waals surface area contributed by atoms with Crippen LogP contribution in [0.3, 0.4) is 0 Å². The van der Waals surface area contributed by atoms with Crippen LogP contribution >= 0.6 is 15.9 Å². The van der Waals surface area contributed by atoms with Crippen molar-refractivity contribution in [2.24, 2.45) is 0 Å². The average Bonchev–Trinajstić information content (AvgIpc) is 2.87. The van der Waals surface area contributed by atoms with E-state index in [1.54, 1.807) is 0 Å². The molecule has 3 aromatic rings. The molecule has 0 saturated carbocycles. The molecule has 42 heavy (non-hydrogen) atoms. The van der Waals surface area contributed by atoms with Crippen molar-refractivity contribution in [3.63, 3.8) is 0 Å². The lowest BCUT2D eigenvalue weighted by Gasteiger charge is -2.08. The Balaban J connectivity index is 0.000000316. The highest BCUT2D eigenvalue weighted by Gasteiger charge is 2.33. The van der Waals surface area contributed by atoms with Gasteiger partial charge in [0.25, 0.3) is 11.4 Å². The Kier molecular flexibility index (Phi) is 11.9. The number of nitro groups is 2. The van der Waals surface area contributed by atoms with Crippen LogP contribution in [0.4, 0.5) is 56.6 Å². The van der Waals surface area contributed by atoms with Crippen molar-refractivity contribution in [3.05, 3.63) is 120 Å². The van der Waals surface area contributed by atoms with Gasteiger partial charge in [-0.05, 0) is 57.9 Å². The first-order chi connectivity index (χ1) is 19.1. The molecule has 0 spiro atoms. The standard InChI is InChI=1S/C9H6F3NO2.C9H8F3N.C7H3BrF3NO2/c1-2-6-3-4-7(9(10,11)12)5-8(6)13(14)15;1-2-6-3-4-7(5-8(6)13)9(10,11)12;8-5-2-1-4(7(9,10)11)3-6(5)12(13)14/h2-5H,1H2;2-5H,1,13H2;1-3H. The zero-order valence-corrected chi connectivity index (χ0v) is 22.2. The Morgan fingerprint density at radius 2 is 1.00 bits per heavy atom. The molecule has 2 N–H and O–H groups in total. The van der Waals surface area contributed by atoms with Gasteiger partial charge in [-0.25, -0.2) is 0 Å². The van der Waals surface area contributed by atoms with Crippen LogP contribution in [0.1, 0.15) is 27.8 Å². The van der Waals surface area contributed by atoms with Gasteiger partial charge in [-0.3, -0.25) is 20.2 Å². The van der Waals surface area contributed by atoms with Gasteiger partial charge in [0, 0.05) is 17.8 Å². The van der Waals surface area contributed by atoms with Crippen LogP contribution in [0, 0.1) is 20.2 Å². The van der Waals surface area contributed by atoms with Crippen molar-refractivity contribution in [3.8, 4) is 0 Å². The number of nitrogens with two attached hydrogens (primary N) is 1. The highest BCUT2D eigenvalue weighted by molar-refractivity contribution is 9.10. The van der Waals surface area contributed by atoms with Crippen LogP contribution in [0.25, 0.3) is 12.2 Å². The van der Waals surface area contributed by atoms with Gasteiger partial charge in [0.05, 0.1) is 36.6 Å². The zero-order chi connectivity index (χ0) is 32.6. The summed E-state index contributed by atoms with van der Waals surface area (Å²) in [5.74, 6) is 0. The van der Waals surface area contributed by atoms with Crippen LogP contribution in [-0.2, 0) is 18.5 Å². The molecule has 0 saturated heterocycles. The molecule has 7 nitrogen and oxygen atoms in total. The summed E-state index contributed by atoms with van der Waals surface area (Å²) in [7, 11) is 0. The molecule has 226 valence electrons. The molecule has 0 amide bonds. The fourth-order valence-corrected chi connectivity index (χ4v) is 3.21. The molecular formula is C25H17BrF9N3O4. The van der Waals surface area contributed by atoms with Gasteiger partial charge in [-0.1, -0.05) is 31.4 Å². The van der Waals surface area contributed by atoms with Gasteiger partial charge in [-0.2, -0.15) is 39.5 Å². The molecule has 0 heterocycles. The molecule has 0 unspecified atom stereocenters. The van der Waals surface area contributed by atoms with Crippen molar-refractivity contribution in [1.82, 2.24) is 0 Å². The second-order valence-corrected chi connectivity index (χ2v) is 8.55. The summed E-state index contributed by atoms with van der Waals surface area (Å²) < 4.78 is 109. The maximum atomic E-state index is 12.2. The summed E-state index contributed by atoms with van der Waals surface area (Å²) in [5, 5.41) is 20.8. The number of alkyl halides is 9. The molecular weight excluding hydrogens is 657 g/mol. The molecule has 17 heteroatoms. The van der Waals surface area contributed by atoms with Gasteiger partial charge in [0.15, 0.2) is 0 Å². The summed E-state index contributed by atoms with van der Waals surface area (Å²) in [4.78, 5) is 19.0. The number of nitrogen functional groups attached to an aromatic ring is 1. The summed E-state index contributed by atoms with van der Waals surface area (Å²) in [5.41, 5.74) is 2.00. The highest BCUT2D eigenvalue weighted by Crippen LogP contribution is 2.35. The van der Waals surface area contributed by atoms with E-state index in [1.807, 2.05) is 0 Å². The minimum Gasteiger partial charge on any atom is -0.398 e. The van der Waals surface area contributed by atoms with Crippen molar-refractivity contribution in [1.29, 1.82) is 0 Å². The Morgan fingerprint density at radius 3 is 1.36 bits per heavy atom. The van der Waals surface area contributed by atoms with Crippen LogP contribution in [-0.4, -0.2) is 9.85 Å². The Labute approximate surface area is 239 Å². The first-order valence-corrected chi connectivity index (χ1v) is 11.5. The van der Waals surface area contributed by atoms with Gasteiger partial charge < -0.3 is 5.73 Å². The molecule has 3 rings (SSSR count). The molecule has 0 fully saturated rings. The number of nitrogens with zero attached hydrogens (tertiary/aromatic N) is 2. The van der Waals surface area contributed by atoms with E-state index in [0.29, 0.717) is 17.7 Å². The number of anilines is 1. The van der Waals surface area contributed by atoms with Gasteiger partial charge in [-0.15, -0.1) is 0 Å². The lowest BCUT2D eigenvalue weighted by molar-refractivity contribution is -0.385. The number of hydrogen-bond acceptors (Lipinski definition) is 5. The SMILES string of the molecule is C=Cc1ccc(C(F)(F)F)cc1N.C=Cc1ccc(C(F)(F)F)cc1[N+](=O)[O-].O=[N+]([O-])c1cc(C(F)(F)F)ccc1Br. The van der Waals surface area contributed by atoms with Crippen LogP contribution in [0.15, 0.2) is 72.2 Å². The molecule has 0 aliphatic carbocycles. The van der Waals surface area contributed by atoms with E-state index < -0.39 is 56.4 Å². The molecule has 3 aromatic carbocycles. The van der Waals surface area contributed by atoms with Gasteiger partial charge in [0.2, 0.25) is 0 Å². The average molecular weight is 674 g/mol. The predicted octanol–water partition coefficient (Wildman–Crippen LogP) is 9.56. The number of hydrogen-bond donors (Lipinski definition) is 1. The third-order valence-electron chi connectivity index (χ3n) is 4.88. The van der Waals surface area contributed by atoms with E-state index >= 15 is 0 Å². The van der Waals surface area contributed by atoms with E-state index in [4.69, 9.17) is 5.73 Å². The minimum absolute atomic E-state index is 0.0236. The third-order valence-corrected chi connectivity index (χ3v) is 5.55. The van der Waals surface area contributed by atoms with Crippen LogP contribution < -0.4 is 5.73 Å². The van der Waals surface area contributed by atoms with E-state index in [9.17, 15) is 59.7 Å². The van der Waals surface area contributed by atoms with E-state index in [0.717, 1.165) is 42.5 Å². The number of benzene rings is 3. The normalized spacial score (nSPS) is 11.3. The van der Waals surface area contributed by atoms with E-state index in [1.165, 1.54) is 12.1 Å². The Morgan fingerprint density at radius 1 is 0.643 bits per heavy atom. The first-order valence-electron chi connectivity index (χ1n) is 10.7. The second-order valence-electron chi connectivity index (χ2n) is 7.70. The second kappa shape index (κ2) is 14.0. The monoisotopic (exact) mass is 673 g/mol. The summed E-state index contributed by atoms with van der Waals surface area (Å²) in [6, 6.07) is 7.74. The Hall–Kier alpha value is -4.41. The third kappa shape index (κ3) is 10.2. The quantitative estimate of drug-likeness (QED) is 0.128. The van der Waals surface area contributed by atoms with Gasteiger partial charge in [0.1, 0.15) is 0 Å². The van der Waals surface area contributed by atoms with Crippen molar-refractivity contribution in [2.45, 2.75) is 18.5 Å². The topological polar surface area (TPSA) is 112 Å². The minimum atomic E-state index is -4.58. The summed E-state index contributed by atoms with van der Waals surface area (Å²) >= 11 is 2.79. The van der Waals surface area contributed by atoms with Crippen molar-refractivity contribution in [2.75, 3.05) is 5.73 Å². The maximum absolute atomic E-state index is 12.2. The van der Waals surface area contributed by atoms with E-state index in [-0.39, 0.29) is 15.7 Å². The predicted molar refractivity (Wildman–Crippen MR) is 140 cm³/mol. The first kappa shape index (κ1) is 35.6. The fraction of sp³-hybridized carbons (Fsp3) is 0.120. The fourth-order valence-electron chi connectivity index (χ4n) is 2.82. The number of rotatable bonds is 4. The summed E-state index contributed by atoms with van der Waals surface area (Å²) in [6.07, 6.45) is -10.9. The molecule has 0 atom stereocenters. The van der Waals surface area contributed by atoms with E-state index in [2.05, 4.69) is 29.1 Å². The molecule has 0 radical (unpaired) electrons. The highest BCUT2D eigenvalue weighted by atomic mass is 79.9. The molecule has 0 bridgehead atoms. The largest absolute Gasteiger partial charge is 0.416 e. The number of nitro benzene ring substituents is 2. The smallest absolute Gasteiger partial charge is 0.398 e. The zero-order valence-electron chi connectivity index (χ0n) is 20.6. The summed E-state index contributed by atoms with van der Waals surface area (Å²) in [6.45, 7) is 6.70. The van der Waals surface area contributed by atoms with Crippen molar-refractivity contribution < 1.29 is 49.4 Å². The maximum Gasteiger partial charge on any atom is 0.416 e.